The summed E-state index contributed by atoms with van der Waals surface area (Å²) < 4.78 is 5.37. The highest BCUT2D eigenvalue weighted by Gasteiger charge is 2.30. The van der Waals surface area contributed by atoms with Crippen LogP contribution >= 0.6 is 0 Å². The second kappa shape index (κ2) is 5.99. The third-order valence-electron chi connectivity index (χ3n) is 3.62. The van der Waals surface area contributed by atoms with Crippen molar-refractivity contribution in [3.8, 4) is 0 Å². The van der Waals surface area contributed by atoms with E-state index in [1.165, 1.54) is 6.42 Å². The van der Waals surface area contributed by atoms with Gasteiger partial charge in [-0.25, -0.2) is 0 Å². The molecule has 0 amide bonds. The monoisotopic (exact) mass is 228 g/mol. The molecule has 3 nitrogen and oxygen atoms in total. The molecule has 0 aliphatic carbocycles. The highest BCUT2D eigenvalue weighted by atomic mass is 16.5. The molecule has 1 rings (SSSR count). The van der Waals surface area contributed by atoms with Crippen molar-refractivity contribution in [2.45, 2.75) is 51.6 Å². The lowest BCUT2D eigenvalue weighted by Crippen LogP contribution is -2.54. The summed E-state index contributed by atoms with van der Waals surface area (Å²) >= 11 is 0. The van der Waals surface area contributed by atoms with Crippen LogP contribution in [0.2, 0.25) is 0 Å². The average molecular weight is 228 g/mol. The van der Waals surface area contributed by atoms with Crippen LogP contribution in [0.15, 0.2) is 0 Å². The Morgan fingerprint density at radius 3 is 2.31 bits per heavy atom. The fraction of sp³-hybridized carbons (Fsp3) is 1.00. The van der Waals surface area contributed by atoms with E-state index in [1.54, 1.807) is 0 Å². The van der Waals surface area contributed by atoms with Crippen LogP contribution < -0.4 is 5.73 Å². The van der Waals surface area contributed by atoms with Crippen LogP contribution in [0.4, 0.5) is 0 Å². The third kappa shape index (κ3) is 4.40. The molecule has 1 saturated heterocycles. The number of likely N-dealkylation sites (N-methyl/N-ethyl adjacent to an activating group) is 1. The standard InChI is InChI=1S/C13H28N2O/c1-11(2)9-12(3)15(4)10-13(14)5-7-16-8-6-13/h11-12H,5-10,14H2,1-4H3. The summed E-state index contributed by atoms with van der Waals surface area (Å²) in [5.74, 6) is 0.751. The van der Waals surface area contributed by atoms with Gasteiger partial charge in [-0.1, -0.05) is 13.8 Å². The molecule has 0 spiro atoms. The molecule has 1 unspecified atom stereocenters. The summed E-state index contributed by atoms with van der Waals surface area (Å²) in [6.07, 6.45) is 3.22. The highest BCUT2D eigenvalue weighted by molar-refractivity contribution is 4.90. The molecule has 1 aliphatic heterocycles. The van der Waals surface area contributed by atoms with Crippen LogP contribution in [-0.4, -0.2) is 43.3 Å². The van der Waals surface area contributed by atoms with E-state index < -0.39 is 0 Å². The van der Waals surface area contributed by atoms with Gasteiger partial charge in [-0.3, -0.25) is 0 Å². The van der Waals surface area contributed by atoms with E-state index >= 15 is 0 Å². The van der Waals surface area contributed by atoms with Gasteiger partial charge in [0.15, 0.2) is 0 Å². The Labute approximate surface area is 100 Å². The van der Waals surface area contributed by atoms with E-state index in [1.807, 2.05) is 0 Å². The first-order valence-corrected chi connectivity index (χ1v) is 6.50. The quantitative estimate of drug-likeness (QED) is 0.780. The molecular formula is C13H28N2O. The van der Waals surface area contributed by atoms with Gasteiger partial charge in [0, 0.05) is 31.3 Å². The van der Waals surface area contributed by atoms with E-state index in [4.69, 9.17) is 10.5 Å². The molecule has 2 N–H and O–H groups in total. The normalized spacial score (nSPS) is 22.7. The van der Waals surface area contributed by atoms with Crippen molar-refractivity contribution in [3.05, 3.63) is 0 Å². The molecule has 0 aromatic rings. The van der Waals surface area contributed by atoms with Crippen molar-refractivity contribution in [2.75, 3.05) is 26.8 Å². The smallest absolute Gasteiger partial charge is 0.0484 e. The maximum Gasteiger partial charge on any atom is 0.0484 e. The molecule has 0 aromatic carbocycles. The first-order chi connectivity index (χ1) is 7.43. The zero-order valence-corrected chi connectivity index (χ0v) is 11.3. The summed E-state index contributed by atoms with van der Waals surface area (Å²) in [6, 6.07) is 0.614. The fourth-order valence-corrected chi connectivity index (χ4v) is 2.45. The molecule has 3 heteroatoms. The van der Waals surface area contributed by atoms with Gasteiger partial charge >= 0.3 is 0 Å². The molecule has 0 bridgehead atoms. The minimum atomic E-state index is -0.0295. The van der Waals surface area contributed by atoms with Crippen molar-refractivity contribution in [2.24, 2.45) is 11.7 Å². The summed E-state index contributed by atoms with van der Waals surface area (Å²) in [5.41, 5.74) is 6.38. The number of nitrogens with zero attached hydrogens (tertiary/aromatic N) is 1. The van der Waals surface area contributed by atoms with E-state index in [2.05, 4.69) is 32.7 Å². The first-order valence-electron chi connectivity index (χ1n) is 6.50. The molecule has 96 valence electrons. The largest absolute Gasteiger partial charge is 0.381 e. The Balaban J connectivity index is 2.39. The number of ether oxygens (including phenoxy) is 1. The first kappa shape index (κ1) is 13.9. The summed E-state index contributed by atoms with van der Waals surface area (Å²) in [4.78, 5) is 2.41. The average Bonchev–Trinajstić information content (AvgIpc) is 2.16. The van der Waals surface area contributed by atoms with Crippen LogP contribution in [0.3, 0.4) is 0 Å². The lowest BCUT2D eigenvalue weighted by Gasteiger charge is -2.39. The molecule has 1 heterocycles. The maximum atomic E-state index is 6.41. The molecule has 0 aromatic heterocycles. The zero-order valence-electron chi connectivity index (χ0n) is 11.3. The highest BCUT2D eigenvalue weighted by Crippen LogP contribution is 2.20. The van der Waals surface area contributed by atoms with E-state index in [0.29, 0.717) is 6.04 Å². The topological polar surface area (TPSA) is 38.5 Å². The number of nitrogens with two attached hydrogens (primary N) is 1. The molecule has 0 saturated carbocycles. The van der Waals surface area contributed by atoms with Gasteiger partial charge in [0.2, 0.25) is 0 Å². The van der Waals surface area contributed by atoms with Gasteiger partial charge < -0.3 is 15.4 Å². The third-order valence-corrected chi connectivity index (χ3v) is 3.62. The van der Waals surface area contributed by atoms with Crippen molar-refractivity contribution in [1.82, 2.24) is 4.90 Å². The Bertz CT molecular complexity index is 200. The van der Waals surface area contributed by atoms with Crippen LogP contribution in [0.25, 0.3) is 0 Å². The van der Waals surface area contributed by atoms with E-state index in [-0.39, 0.29) is 5.54 Å². The Kier molecular flexibility index (Phi) is 5.22. The summed E-state index contributed by atoms with van der Waals surface area (Å²) in [7, 11) is 2.19. The second-order valence-corrected chi connectivity index (χ2v) is 5.87. The van der Waals surface area contributed by atoms with Gasteiger partial charge in [0.1, 0.15) is 0 Å². The fourth-order valence-electron chi connectivity index (χ4n) is 2.45. The van der Waals surface area contributed by atoms with Crippen LogP contribution in [0.1, 0.15) is 40.0 Å². The molecule has 0 radical (unpaired) electrons. The van der Waals surface area contributed by atoms with Gasteiger partial charge in [-0.15, -0.1) is 0 Å². The zero-order chi connectivity index (χ0) is 12.2. The number of hydrogen-bond acceptors (Lipinski definition) is 3. The van der Waals surface area contributed by atoms with Gasteiger partial charge in [0.05, 0.1) is 0 Å². The lowest BCUT2D eigenvalue weighted by molar-refractivity contribution is 0.0352. The summed E-state index contributed by atoms with van der Waals surface area (Å²) in [5, 5.41) is 0. The maximum absolute atomic E-state index is 6.41. The van der Waals surface area contributed by atoms with Gasteiger partial charge in [-0.05, 0) is 39.2 Å². The minimum absolute atomic E-state index is 0.0295. The Hall–Kier alpha value is -0.120. The van der Waals surface area contributed by atoms with Crippen molar-refractivity contribution in [1.29, 1.82) is 0 Å². The number of hydrogen-bond donors (Lipinski definition) is 1. The predicted octanol–water partition coefficient (Wildman–Crippen LogP) is 1.86. The van der Waals surface area contributed by atoms with Gasteiger partial charge in [-0.2, -0.15) is 0 Å². The molecule has 1 atom stereocenters. The minimum Gasteiger partial charge on any atom is -0.381 e. The predicted molar refractivity (Wildman–Crippen MR) is 68.5 cm³/mol. The van der Waals surface area contributed by atoms with Crippen molar-refractivity contribution in [3.63, 3.8) is 0 Å². The van der Waals surface area contributed by atoms with E-state index in [0.717, 1.165) is 38.5 Å². The number of rotatable bonds is 5. The SMILES string of the molecule is CC(C)CC(C)N(C)CC1(N)CCOCC1. The van der Waals surface area contributed by atoms with Crippen LogP contribution in [0, 0.1) is 5.92 Å². The summed E-state index contributed by atoms with van der Waals surface area (Å²) in [6.45, 7) is 9.48. The van der Waals surface area contributed by atoms with Gasteiger partial charge in [0.25, 0.3) is 0 Å². The lowest BCUT2D eigenvalue weighted by atomic mass is 9.90. The van der Waals surface area contributed by atoms with E-state index in [9.17, 15) is 0 Å². The molecule has 1 aliphatic rings. The van der Waals surface area contributed by atoms with Crippen LogP contribution in [0.5, 0.6) is 0 Å². The molecule has 1 fully saturated rings. The second-order valence-electron chi connectivity index (χ2n) is 5.87. The Morgan fingerprint density at radius 2 is 1.81 bits per heavy atom. The van der Waals surface area contributed by atoms with Crippen molar-refractivity contribution < 1.29 is 4.74 Å². The van der Waals surface area contributed by atoms with Crippen LogP contribution in [-0.2, 0) is 4.74 Å². The molecule has 16 heavy (non-hydrogen) atoms. The Morgan fingerprint density at radius 1 is 1.25 bits per heavy atom. The molecular weight excluding hydrogens is 200 g/mol. The van der Waals surface area contributed by atoms with Crippen molar-refractivity contribution >= 4 is 0 Å².